The molecule has 1 radical (unpaired) electrons. The minimum absolute atomic E-state index is 0.153. The summed E-state index contributed by atoms with van der Waals surface area (Å²) in [6, 6.07) is 18.8. The number of nitrogens with one attached hydrogen (secondary N) is 2. The Balaban J connectivity index is 1.71. The molecule has 2 amide bonds. The highest BCUT2D eigenvalue weighted by Gasteiger charge is 2.23. The van der Waals surface area contributed by atoms with Crippen LogP contribution in [0.1, 0.15) is 40.0 Å². The van der Waals surface area contributed by atoms with Gasteiger partial charge in [0.25, 0.3) is 0 Å². The van der Waals surface area contributed by atoms with E-state index in [-0.39, 0.29) is 12.3 Å². The maximum Gasteiger partial charge on any atom is 0.411 e. The van der Waals surface area contributed by atoms with Crippen molar-refractivity contribution in [3.05, 3.63) is 89.0 Å². The number of hydrogen-bond donors (Lipinski definition) is 3. The molecule has 2 aliphatic rings. The molecule has 1 atom stereocenters. The quantitative estimate of drug-likeness (QED) is 0.473. The van der Waals surface area contributed by atoms with Crippen LogP contribution in [0, 0.1) is 0 Å². The highest BCUT2D eigenvalue weighted by molar-refractivity contribution is 6.74. The summed E-state index contributed by atoms with van der Waals surface area (Å²) in [6.07, 6.45) is 0.262. The van der Waals surface area contributed by atoms with Crippen LogP contribution in [-0.2, 0) is 22.3 Å². The summed E-state index contributed by atoms with van der Waals surface area (Å²) in [6.45, 7) is 2.48. The number of carbonyl (C=O) groups is 3. The van der Waals surface area contributed by atoms with Crippen molar-refractivity contribution in [2.24, 2.45) is 5.73 Å². The summed E-state index contributed by atoms with van der Waals surface area (Å²) in [5.41, 5.74) is 9.21. The first-order valence-corrected chi connectivity index (χ1v) is 11.7. The minimum Gasteiger partial charge on any atom is -0.494 e. The zero-order chi connectivity index (χ0) is 25.5. The van der Waals surface area contributed by atoms with E-state index in [0.717, 1.165) is 11.1 Å². The number of carbonyl (C=O) groups excluding carboxylic acids is 3. The average Bonchev–Trinajstić information content (AvgIpc) is 2.87. The molecule has 0 aromatic heterocycles. The fourth-order valence-corrected chi connectivity index (χ4v) is 4.01. The summed E-state index contributed by atoms with van der Waals surface area (Å²) in [7, 11) is 1.60. The fraction of sp³-hybridized carbons (Fsp3) is 0.222. The average molecular weight is 484 g/mol. The molecule has 5 rings (SSSR count). The number of anilines is 2. The van der Waals surface area contributed by atoms with Crippen LogP contribution in [0.2, 0.25) is 0 Å². The Hall–Kier alpha value is -4.27. The fourth-order valence-electron chi connectivity index (χ4n) is 4.01. The molecule has 4 N–H and O–H groups in total. The first kappa shape index (κ1) is 24.8. The van der Waals surface area contributed by atoms with E-state index < -0.39 is 18.0 Å². The van der Waals surface area contributed by atoms with Crippen molar-refractivity contribution < 1.29 is 23.9 Å². The van der Waals surface area contributed by atoms with Crippen LogP contribution in [0.25, 0.3) is 0 Å². The van der Waals surface area contributed by atoms with Gasteiger partial charge in [-0.2, -0.15) is 0 Å². The van der Waals surface area contributed by atoms with Gasteiger partial charge >= 0.3 is 6.09 Å². The molecule has 0 saturated heterocycles. The van der Waals surface area contributed by atoms with Crippen molar-refractivity contribution >= 4 is 36.3 Å². The maximum atomic E-state index is 13.5. The summed E-state index contributed by atoms with van der Waals surface area (Å²) in [4.78, 5) is 37.4. The van der Waals surface area contributed by atoms with Gasteiger partial charge in [-0.05, 0) is 60.8 Å². The van der Waals surface area contributed by atoms with E-state index in [1.807, 2.05) is 37.3 Å². The van der Waals surface area contributed by atoms with E-state index in [1.165, 1.54) is 0 Å². The van der Waals surface area contributed by atoms with E-state index >= 15 is 0 Å². The molecule has 9 heteroatoms. The predicted octanol–water partition coefficient (Wildman–Crippen LogP) is 3.87. The van der Waals surface area contributed by atoms with Gasteiger partial charge < -0.3 is 25.3 Å². The summed E-state index contributed by atoms with van der Waals surface area (Å²) in [5.74, 6) is 0.0634. The van der Waals surface area contributed by atoms with Gasteiger partial charge in [-0.3, -0.25) is 10.1 Å². The molecule has 183 valence electrons. The number of amides is 2. The van der Waals surface area contributed by atoms with E-state index in [1.54, 1.807) is 43.7 Å². The smallest absolute Gasteiger partial charge is 0.411 e. The molecule has 1 unspecified atom stereocenters. The molecule has 0 fully saturated rings. The standard InChI is InChI=1S/C27H27BN3O5/c1-2-35-23-15-19-10-9-18(23)11-12-36-27(34)31-21-7-3-5-17(13-21)16-28-25(32)24(19)30-22-8-4-6-20(14-22)26(29)33/h3-10,13-15,24,30H,2,11-12,16H2,1H3,(H2,29,33)(H,31,34). The van der Waals surface area contributed by atoms with Gasteiger partial charge in [0.15, 0.2) is 0 Å². The largest absolute Gasteiger partial charge is 0.494 e. The normalized spacial score (nSPS) is 15.9. The van der Waals surface area contributed by atoms with Crippen molar-refractivity contribution in [1.29, 1.82) is 0 Å². The summed E-state index contributed by atoms with van der Waals surface area (Å²) < 4.78 is 11.2. The Morgan fingerprint density at radius 2 is 1.97 bits per heavy atom. The SMILES string of the molecule is CCOc1cc2ccc1CCOC(=O)Nc1cccc(c1)C[B]C(=O)C2Nc1cccc(C(N)=O)c1. The zero-order valence-corrected chi connectivity index (χ0v) is 20.0. The molecule has 0 saturated carbocycles. The molecular formula is C27H27BN3O5. The molecule has 0 aliphatic carbocycles. The van der Waals surface area contributed by atoms with Gasteiger partial charge in [-0.1, -0.05) is 35.9 Å². The second kappa shape index (κ2) is 11.4. The van der Waals surface area contributed by atoms with Gasteiger partial charge in [0.05, 0.1) is 13.2 Å². The van der Waals surface area contributed by atoms with Crippen molar-refractivity contribution in [2.45, 2.75) is 25.7 Å². The lowest BCUT2D eigenvalue weighted by Crippen LogP contribution is -2.27. The summed E-state index contributed by atoms with van der Waals surface area (Å²) in [5, 5.41) is 5.98. The number of benzene rings is 3. The van der Waals surface area contributed by atoms with Crippen LogP contribution in [-0.4, -0.2) is 38.2 Å². The highest BCUT2D eigenvalue weighted by Crippen LogP contribution is 2.28. The lowest BCUT2D eigenvalue weighted by Gasteiger charge is -2.22. The van der Waals surface area contributed by atoms with Gasteiger partial charge in [0.2, 0.25) is 13.2 Å². The van der Waals surface area contributed by atoms with Crippen LogP contribution in [0.4, 0.5) is 16.2 Å². The van der Waals surface area contributed by atoms with E-state index in [2.05, 4.69) is 10.6 Å². The topological polar surface area (TPSA) is 120 Å². The molecule has 2 aliphatic heterocycles. The number of nitrogens with two attached hydrogens (primary N) is 1. The maximum absolute atomic E-state index is 13.5. The van der Waals surface area contributed by atoms with Crippen molar-refractivity contribution in [2.75, 3.05) is 23.8 Å². The molecular weight excluding hydrogens is 457 g/mol. The molecule has 4 bridgehead atoms. The van der Waals surface area contributed by atoms with Crippen LogP contribution in [0.3, 0.4) is 0 Å². The zero-order valence-electron chi connectivity index (χ0n) is 20.0. The Labute approximate surface area is 210 Å². The monoisotopic (exact) mass is 484 g/mol. The Kier molecular flexibility index (Phi) is 7.90. The molecule has 3 aromatic carbocycles. The Morgan fingerprint density at radius 3 is 2.78 bits per heavy atom. The Bertz CT molecular complexity index is 1280. The van der Waals surface area contributed by atoms with Crippen molar-refractivity contribution in [3.8, 4) is 5.75 Å². The van der Waals surface area contributed by atoms with Crippen LogP contribution < -0.4 is 21.1 Å². The summed E-state index contributed by atoms with van der Waals surface area (Å²) >= 11 is 0. The first-order chi connectivity index (χ1) is 17.4. The molecule has 3 aromatic rings. The van der Waals surface area contributed by atoms with Gasteiger partial charge in [0.1, 0.15) is 17.5 Å². The number of ether oxygens (including phenoxy) is 2. The van der Waals surface area contributed by atoms with Gasteiger partial charge in [0, 0.05) is 23.4 Å². The lowest BCUT2D eigenvalue weighted by molar-refractivity contribution is -0.112. The van der Waals surface area contributed by atoms with Gasteiger partial charge in [-0.15, -0.1) is 0 Å². The van der Waals surface area contributed by atoms with E-state index in [9.17, 15) is 14.4 Å². The number of primary amides is 1. The van der Waals surface area contributed by atoms with Crippen molar-refractivity contribution in [1.82, 2.24) is 0 Å². The van der Waals surface area contributed by atoms with E-state index in [0.29, 0.717) is 47.6 Å². The lowest BCUT2D eigenvalue weighted by atomic mass is 9.64. The third-order valence-corrected chi connectivity index (χ3v) is 5.78. The Morgan fingerprint density at radius 1 is 1.14 bits per heavy atom. The van der Waals surface area contributed by atoms with Gasteiger partial charge in [-0.25, -0.2) is 4.79 Å². The molecule has 2 heterocycles. The molecule has 8 nitrogen and oxygen atoms in total. The van der Waals surface area contributed by atoms with Crippen LogP contribution >= 0.6 is 0 Å². The highest BCUT2D eigenvalue weighted by atomic mass is 16.5. The molecule has 36 heavy (non-hydrogen) atoms. The van der Waals surface area contributed by atoms with E-state index in [4.69, 9.17) is 15.2 Å². The molecule has 0 spiro atoms. The van der Waals surface area contributed by atoms with Crippen LogP contribution in [0.15, 0.2) is 66.7 Å². The number of fused-ring (bicyclic) bond motifs is 9. The minimum atomic E-state index is -0.728. The first-order valence-electron chi connectivity index (χ1n) is 11.7. The van der Waals surface area contributed by atoms with Crippen LogP contribution in [0.5, 0.6) is 5.75 Å². The third kappa shape index (κ3) is 6.24. The second-order valence-corrected chi connectivity index (χ2v) is 8.34. The second-order valence-electron chi connectivity index (χ2n) is 8.34. The van der Waals surface area contributed by atoms with Crippen molar-refractivity contribution in [3.63, 3.8) is 0 Å². The number of rotatable bonds is 5. The number of hydrogen-bond acceptors (Lipinski definition) is 6. The predicted molar refractivity (Wildman–Crippen MR) is 139 cm³/mol. The third-order valence-electron chi connectivity index (χ3n) is 5.78.